The molecule has 2 aliphatic rings. The maximum absolute atomic E-state index is 12.1. The summed E-state index contributed by atoms with van der Waals surface area (Å²) in [5.41, 5.74) is 5.16. The summed E-state index contributed by atoms with van der Waals surface area (Å²) in [5.74, 6) is 1.61. The average molecular weight is 226 g/mol. The monoisotopic (exact) mass is 226 g/mol. The van der Waals surface area contributed by atoms with E-state index < -0.39 is 5.41 Å². The summed E-state index contributed by atoms with van der Waals surface area (Å²) >= 11 is 4.97. The fraction of sp³-hybridized carbons (Fsp3) is 0.818. The Morgan fingerprint density at radius 3 is 2.47 bits per heavy atom. The van der Waals surface area contributed by atoms with E-state index in [-0.39, 0.29) is 5.91 Å². The van der Waals surface area contributed by atoms with Crippen molar-refractivity contribution in [3.63, 3.8) is 0 Å². The highest BCUT2D eigenvalue weighted by molar-refractivity contribution is 7.80. The molecule has 2 atom stereocenters. The van der Waals surface area contributed by atoms with Crippen LogP contribution in [0.5, 0.6) is 0 Å². The van der Waals surface area contributed by atoms with Crippen molar-refractivity contribution in [1.82, 2.24) is 4.90 Å². The number of carbonyl (C=O) groups excluding carboxylic acids is 1. The second kappa shape index (κ2) is 3.44. The van der Waals surface area contributed by atoms with Gasteiger partial charge < -0.3 is 10.6 Å². The van der Waals surface area contributed by atoms with Crippen LogP contribution in [0.15, 0.2) is 0 Å². The van der Waals surface area contributed by atoms with Crippen LogP contribution in [0.4, 0.5) is 0 Å². The van der Waals surface area contributed by atoms with Gasteiger partial charge in [-0.05, 0) is 31.1 Å². The van der Waals surface area contributed by atoms with Gasteiger partial charge in [0.25, 0.3) is 0 Å². The van der Waals surface area contributed by atoms with Crippen LogP contribution in [-0.2, 0) is 4.79 Å². The Kier molecular flexibility index (Phi) is 2.49. The predicted molar refractivity (Wildman–Crippen MR) is 63.4 cm³/mol. The van der Waals surface area contributed by atoms with Gasteiger partial charge >= 0.3 is 0 Å². The lowest BCUT2D eigenvalue weighted by molar-refractivity contribution is -0.133. The molecule has 0 spiro atoms. The normalized spacial score (nSPS) is 30.8. The maximum Gasteiger partial charge on any atom is 0.235 e. The highest BCUT2D eigenvalue weighted by Crippen LogP contribution is 2.48. The number of rotatable bonds is 4. The summed E-state index contributed by atoms with van der Waals surface area (Å²) < 4.78 is 0. The minimum Gasteiger partial charge on any atom is -0.392 e. The summed E-state index contributed by atoms with van der Waals surface area (Å²) in [4.78, 5) is 14.3. The highest BCUT2D eigenvalue weighted by Gasteiger charge is 2.54. The van der Waals surface area contributed by atoms with Crippen molar-refractivity contribution >= 4 is 23.1 Å². The van der Waals surface area contributed by atoms with Crippen LogP contribution in [0, 0.1) is 17.3 Å². The number of carbonyl (C=O) groups is 1. The summed E-state index contributed by atoms with van der Waals surface area (Å²) in [6.07, 6.45) is 2.93. The van der Waals surface area contributed by atoms with Gasteiger partial charge in [-0.2, -0.15) is 0 Å². The molecule has 0 bridgehead atoms. The van der Waals surface area contributed by atoms with E-state index in [1.54, 1.807) is 0 Å². The second-order valence-electron chi connectivity index (χ2n) is 5.11. The SMILES string of the molecule is CC1CC1CN(C)C(=O)C1(C(N)=S)CC1. The lowest BCUT2D eigenvalue weighted by Gasteiger charge is -2.22. The molecule has 2 saturated carbocycles. The molecule has 0 radical (unpaired) electrons. The van der Waals surface area contributed by atoms with E-state index in [0.717, 1.165) is 25.3 Å². The average Bonchev–Trinajstić information content (AvgIpc) is 3.02. The third-order valence-electron chi connectivity index (χ3n) is 3.76. The molecule has 1 amide bonds. The first-order valence-corrected chi connectivity index (χ1v) is 5.93. The van der Waals surface area contributed by atoms with Gasteiger partial charge in [0, 0.05) is 13.6 Å². The van der Waals surface area contributed by atoms with Crippen molar-refractivity contribution in [1.29, 1.82) is 0 Å². The van der Waals surface area contributed by atoms with Gasteiger partial charge in [-0.25, -0.2) is 0 Å². The van der Waals surface area contributed by atoms with E-state index >= 15 is 0 Å². The van der Waals surface area contributed by atoms with Crippen LogP contribution < -0.4 is 5.73 Å². The van der Waals surface area contributed by atoms with E-state index in [2.05, 4.69) is 6.92 Å². The Morgan fingerprint density at radius 2 is 2.13 bits per heavy atom. The number of amides is 1. The van der Waals surface area contributed by atoms with Crippen LogP contribution in [-0.4, -0.2) is 29.4 Å². The molecule has 0 aromatic carbocycles. The highest BCUT2D eigenvalue weighted by atomic mass is 32.1. The van der Waals surface area contributed by atoms with Gasteiger partial charge in [0.05, 0.1) is 10.4 Å². The van der Waals surface area contributed by atoms with Crippen molar-refractivity contribution in [3.05, 3.63) is 0 Å². The summed E-state index contributed by atoms with van der Waals surface area (Å²) in [6, 6.07) is 0. The molecular formula is C11H18N2OS. The van der Waals surface area contributed by atoms with Crippen LogP contribution in [0.1, 0.15) is 26.2 Å². The maximum atomic E-state index is 12.1. The van der Waals surface area contributed by atoms with Gasteiger partial charge in [0.15, 0.2) is 0 Å². The standard InChI is InChI=1S/C11H18N2OS/c1-7-5-8(7)6-13(2)10(14)11(3-4-11)9(12)15/h7-8H,3-6H2,1-2H3,(H2,12,15). The molecule has 2 N–H and O–H groups in total. The van der Waals surface area contributed by atoms with Crippen molar-refractivity contribution in [2.75, 3.05) is 13.6 Å². The minimum atomic E-state index is -0.470. The Morgan fingerprint density at radius 1 is 1.60 bits per heavy atom. The molecule has 2 fully saturated rings. The largest absolute Gasteiger partial charge is 0.392 e. The van der Waals surface area contributed by atoms with E-state index in [1.165, 1.54) is 6.42 Å². The quantitative estimate of drug-likeness (QED) is 0.732. The third-order valence-corrected chi connectivity index (χ3v) is 4.15. The fourth-order valence-electron chi connectivity index (χ4n) is 2.14. The van der Waals surface area contributed by atoms with Gasteiger partial charge in [0.2, 0.25) is 5.91 Å². The van der Waals surface area contributed by atoms with Crippen molar-refractivity contribution in [2.24, 2.45) is 23.0 Å². The Bertz CT molecular complexity index is 312. The molecule has 0 saturated heterocycles. The zero-order valence-electron chi connectivity index (χ0n) is 9.32. The zero-order valence-corrected chi connectivity index (χ0v) is 10.1. The molecular weight excluding hydrogens is 208 g/mol. The number of hydrogen-bond acceptors (Lipinski definition) is 2. The molecule has 3 nitrogen and oxygen atoms in total. The summed E-state index contributed by atoms with van der Waals surface area (Å²) in [6.45, 7) is 3.09. The lowest BCUT2D eigenvalue weighted by atomic mass is 10.1. The van der Waals surface area contributed by atoms with Gasteiger partial charge in [0.1, 0.15) is 0 Å². The predicted octanol–water partition coefficient (Wildman–Crippen LogP) is 1.17. The summed E-state index contributed by atoms with van der Waals surface area (Å²) in [5, 5.41) is 0. The van der Waals surface area contributed by atoms with Crippen LogP contribution in [0.25, 0.3) is 0 Å². The number of nitrogens with two attached hydrogens (primary N) is 1. The molecule has 0 aromatic rings. The smallest absolute Gasteiger partial charge is 0.235 e. The molecule has 4 heteroatoms. The first kappa shape index (κ1) is 10.9. The third kappa shape index (κ3) is 1.87. The zero-order chi connectivity index (χ0) is 11.2. The molecule has 0 aromatic heterocycles. The van der Waals surface area contributed by atoms with Crippen LogP contribution in [0.3, 0.4) is 0 Å². The molecule has 84 valence electrons. The number of nitrogens with zero attached hydrogens (tertiary/aromatic N) is 1. The fourth-order valence-corrected chi connectivity index (χ4v) is 2.44. The summed E-state index contributed by atoms with van der Waals surface area (Å²) in [7, 11) is 1.87. The molecule has 2 rings (SSSR count). The van der Waals surface area contributed by atoms with Crippen molar-refractivity contribution < 1.29 is 4.79 Å². The Balaban J connectivity index is 1.93. The van der Waals surface area contributed by atoms with Gasteiger partial charge in [-0.1, -0.05) is 19.1 Å². The van der Waals surface area contributed by atoms with Crippen molar-refractivity contribution in [3.8, 4) is 0 Å². The van der Waals surface area contributed by atoms with Crippen LogP contribution in [0.2, 0.25) is 0 Å². The second-order valence-corrected chi connectivity index (χ2v) is 5.54. The molecule has 0 aliphatic heterocycles. The van der Waals surface area contributed by atoms with E-state index in [0.29, 0.717) is 10.9 Å². The van der Waals surface area contributed by atoms with Gasteiger partial charge in [-0.3, -0.25) is 4.79 Å². The van der Waals surface area contributed by atoms with Gasteiger partial charge in [-0.15, -0.1) is 0 Å². The van der Waals surface area contributed by atoms with E-state index in [4.69, 9.17) is 18.0 Å². The molecule has 0 heterocycles. The minimum absolute atomic E-state index is 0.133. The lowest BCUT2D eigenvalue weighted by Crippen LogP contribution is -2.41. The Labute approximate surface area is 96.0 Å². The van der Waals surface area contributed by atoms with E-state index in [1.807, 2.05) is 11.9 Å². The number of hydrogen-bond donors (Lipinski definition) is 1. The van der Waals surface area contributed by atoms with Crippen molar-refractivity contribution in [2.45, 2.75) is 26.2 Å². The number of thiocarbonyl (C=S) groups is 1. The molecule has 15 heavy (non-hydrogen) atoms. The Hall–Kier alpha value is -0.640. The van der Waals surface area contributed by atoms with E-state index in [9.17, 15) is 4.79 Å². The molecule has 2 aliphatic carbocycles. The first-order chi connectivity index (χ1) is 6.97. The first-order valence-electron chi connectivity index (χ1n) is 5.53. The molecule has 2 unspecified atom stereocenters. The topological polar surface area (TPSA) is 46.3 Å². The van der Waals surface area contributed by atoms with Crippen LogP contribution >= 0.6 is 12.2 Å².